The smallest absolute Gasteiger partial charge is 0.248 e. The average Bonchev–Trinajstić information content (AvgIpc) is 2.67. The second kappa shape index (κ2) is 8.44. The van der Waals surface area contributed by atoms with Crippen molar-refractivity contribution in [3.8, 4) is 0 Å². The maximum Gasteiger partial charge on any atom is 0.248 e. The van der Waals surface area contributed by atoms with Gasteiger partial charge in [0, 0.05) is 25.5 Å². The summed E-state index contributed by atoms with van der Waals surface area (Å²) < 4.78 is 36.6. The lowest BCUT2D eigenvalue weighted by molar-refractivity contribution is 0.593. The molecule has 2 N–H and O–H groups in total. The van der Waals surface area contributed by atoms with E-state index in [9.17, 15) is 12.8 Å². The zero-order valence-corrected chi connectivity index (χ0v) is 16.3. The monoisotopic (exact) mass is 422 g/mol. The topological polar surface area (TPSA) is 110 Å². The molecule has 0 amide bonds. The van der Waals surface area contributed by atoms with Crippen LogP contribution in [-0.2, 0) is 22.9 Å². The molecule has 0 atom stereocenters. The normalized spacial score (nSPS) is 11.2. The minimum atomic E-state index is -3.46. The van der Waals surface area contributed by atoms with Gasteiger partial charge < -0.3 is 10.6 Å². The summed E-state index contributed by atoms with van der Waals surface area (Å²) in [4.78, 5) is 15.1. The SMILES string of the molecule is CS(=O)(=O)c1nccc(NCc2ccc(CNc3nc(Cl)ncc3F)cc2)n1. The Morgan fingerprint density at radius 1 is 1.00 bits per heavy atom. The zero-order chi connectivity index (χ0) is 20.1. The minimum absolute atomic E-state index is 0.0333. The maximum absolute atomic E-state index is 13.6. The molecule has 0 fully saturated rings. The van der Waals surface area contributed by atoms with Gasteiger partial charge >= 0.3 is 0 Å². The summed E-state index contributed by atoms with van der Waals surface area (Å²) in [5.74, 6) is -0.128. The number of aromatic nitrogens is 4. The lowest BCUT2D eigenvalue weighted by Crippen LogP contribution is -2.08. The van der Waals surface area contributed by atoms with Crippen molar-refractivity contribution in [1.82, 2.24) is 19.9 Å². The van der Waals surface area contributed by atoms with E-state index < -0.39 is 15.7 Å². The molecule has 0 aliphatic carbocycles. The van der Waals surface area contributed by atoms with Gasteiger partial charge in [0.05, 0.1) is 6.20 Å². The van der Waals surface area contributed by atoms with Gasteiger partial charge in [-0.15, -0.1) is 0 Å². The van der Waals surface area contributed by atoms with Crippen LogP contribution in [0.1, 0.15) is 11.1 Å². The Kier molecular flexibility index (Phi) is 6.00. The van der Waals surface area contributed by atoms with Crippen LogP contribution in [0.4, 0.5) is 16.0 Å². The van der Waals surface area contributed by atoms with Gasteiger partial charge in [-0.2, -0.15) is 4.98 Å². The first-order valence-corrected chi connectivity index (χ1v) is 10.3. The van der Waals surface area contributed by atoms with Crippen molar-refractivity contribution < 1.29 is 12.8 Å². The number of sulfone groups is 1. The number of hydrogen-bond donors (Lipinski definition) is 2. The summed E-state index contributed by atoms with van der Waals surface area (Å²) in [6.07, 6.45) is 3.45. The highest BCUT2D eigenvalue weighted by molar-refractivity contribution is 7.90. The predicted molar refractivity (Wildman–Crippen MR) is 103 cm³/mol. The molecule has 28 heavy (non-hydrogen) atoms. The van der Waals surface area contributed by atoms with Crippen molar-refractivity contribution >= 4 is 33.1 Å². The van der Waals surface area contributed by atoms with Gasteiger partial charge in [0.1, 0.15) is 5.82 Å². The fourth-order valence-corrected chi connectivity index (χ4v) is 2.89. The van der Waals surface area contributed by atoms with E-state index in [1.165, 1.54) is 6.20 Å². The summed E-state index contributed by atoms with van der Waals surface area (Å²) in [7, 11) is -3.46. The van der Waals surface area contributed by atoms with Crippen LogP contribution >= 0.6 is 11.6 Å². The molecule has 11 heteroatoms. The fourth-order valence-electron chi connectivity index (χ4n) is 2.24. The number of nitrogens with zero attached hydrogens (tertiary/aromatic N) is 4. The van der Waals surface area contributed by atoms with Crippen LogP contribution in [0.3, 0.4) is 0 Å². The molecule has 2 heterocycles. The molecule has 1 aromatic carbocycles. The van der Waals surface area contributed by atoms with E-state index in [1.807, 2.05) is 24.3 Å². The van der Waals surface area contributed by atoms with Crippen molar-refractivity contribution in [1.29, 1.82) is 0 Å². The summed E-state index contributed by atoms with van der Waals surface area (Å²) in [5, 5.41) is 5.66. The minimum Gasteiger partial charge on any atom is -0.366 e. The zero-order valence-electron chi connectivity index (χ0n) is 14.7. The molecule has 3 rings (SSSR count). The van der Waals surface area contributed by atoms with Crippen LogP contribution in [0.2, 0.25) is 5.28 Å². The van der Waals surface area contributed by atoms with Crippen LogP contribution < -0.4 is 10.6 Å². The van der Waals surface area contributed by atoms with E-state index in [0.29, 0.717) is 18.9 Å². The Morgan fingerprint density at radius 2 is 1.64 bits per heavy atom. The molecule has 0 aliphatic rings. The van der Waals surface area contributed by atoms with Crippen LogP contribution in [0.25, 0.3) is 0 Å². The van der Waals surface area contributed by atoms with Crippen molar-refractivity contribution in [3.63, 3.8) is 0 Å². The van der Waals surface area contributed by atoms with E-state index >= 15 is 0 Å². The number of rotatable bonds is 7. The molecule has 0 radical (unpaired) electrons. The number of halogens is 2. The molecule has 0 saturated carbocycles. The quantitative estimate of drug-likeness (QED) is 0.559. The summed E-state index contributed by atoms with van der Waals surface area (Å²) in [6.45, 7) is 0.811. The molecule has 8 nitrogen and oxygen atoms in total. The number of benzene rings is 1. The molecule has 0 aliphatic heterocycles. The molecular weight excluding hydrogens is 407 g/mol. The Labute approximate surface area is 166 Å². The van der Waals surface area contributed by atoms with Crippen molar-refractivity contribution in [2.24, 2.45) is 0 Å². The lowest BCUT2D eigenvalue weighted by atomic mass is 10.1. The standard InChI is InChI=1S/C17H16ClFN6O2S/c1-28(26,27)17-20-7-6-14(24-17)21-8-11-2-4-12(5-3-11)9-22-15-13(19)10-23-16(18)25-15/h2-7,10H,8-9H2,1H3,(H,20,21,24)(H,22,23,25). The molecule has 0 spiro atoms. The van der Waals surface area contributed by atoms with Crippen LogP contribution in [0, 0.1) is 5.82 Å². The number of nitrogens with one attached hydrogen (secondary N) is 2. The first-order chi connectivity index (χ1) is 13.3. The van der Waals surface area contributed by atoms with Gasteiger partial charge in [0.25, 0.3) is 0 Å². The molecule has 3 aromatic rings. The Balaban J connectivity index is 1.58. The summed E-state index contributed by atoms with van der Waals surface area (Å²) >= 11 is 5.66. The molecular formula is C17H16ClFN6O2S. The Morgan fingerprint density at radius 3 is 2.29 bits per heavy atom. The second-order valence-corrected chi connectivity index (χ2v) is 8.10. The first kappa shape index (κ1) is 19.9. The third-order valence-corrected chi connectivity index (χ3v) is 4.68. The highest BCUT2D eigenvalue weighted by Gasteiger charge is 2.11. The predicted octanol–water partition coefficient (Wildman–Crippen LogP) is 2.69. The third kappa shape index (κ3) is 5.33. The summed E-state index contributed by atoms with van der Waals surface area (Å²) in [6, 6.07) is 9.14. The Bertz CT molecular complexity index is 1080. The van der Waals surface area contributed by atoms with Crippen molar-refractivity contribution in [2.45, 2.75) is 18.2 Å². The maximum atomic E-state index is 13.6. The van der Waals surface area contributed by atoms with E-state index in [1.54, 1.807) is 6.07 Å². The highest BCUT2D eigenvalue weighted by Crippen LogP contribution is 2.14. The number of hydrogen-bond acceptors (Lipinski definition) is 8. The van der Waals surface area contributed by atoms with Gasteiger partial charge in [-0.25, -0.2) is 27.8 Å². The van der Waals surface area contributed by atoms with E-state index in [2.05, 4.69) is 30.6 Å². The fraction of sp³-hybridized carbons (Fsp3) is 0.176. The van der Waals surface area contributed by atoms with Crippen molar-refractivity contribution in [2.75, 3.05) is 16.9 Å². The highest BCUT2D eigenvalue weighted by atomic mass is 35.5. The van der Waals surface area contributed by atoms with Crippen LogP contribution in [0.15, 0.2) is 47.9 Å². The molecule has 0 saturated heterocycles. The van der Waals surface area contributed by atoms with Gasteiger partial charge in [-0.05, 0) is 28.8 Å². The Hall–Kier alpha value is -2.85. The third-order valence-electron chi connectivity index (χ3n) is 3.64. The van der Waals surface area contributed by atoms with Crippen molar-refractivity contribution in [3.05, 3.63) is 65.0 Å². The second-order valence-electron chi connectivity index (χ2n) is 5.86. The van der Waals surface area contributed by atoms with E-state index in [0.717, 1.165) is 23.6 Å². The molecule has 0 bridgehead atoms. The largest absolute Gasteiger partial charge is 0.366 e. The molecule has 0 unspecified atom stereocenters. The van der Waals surface area contributed by atoms with Crippen LogP contribution in [0.5, 0.6) is 0 Å². The van der Waals surface area contributed by atoms with Gasteiger partial charge in [-0.3, -0.25) is 0 Å². The van der Waals surface area contributed by atoms with Gasteiger partial charge in [-0.1, -0.05) is 24.3 Å². The van der Waals surface area contributed by atoms with Gasteiger partial charge in [0.15, 0.2) is 11.6 Å². The average molecular weight is 423 g/mol. The lowest BCUT2D eigenvalue weighted by Gasteiger charge is -2.09. The first-order valence-electron chi connectivity index (χ1n) is 8.08. The van der Waals surface area contributed by atoms with Crippen LogP contribution in [-0.4, -0.2) is 34.6 Å². The molecule has 2 aromatic heterocycles. The van der Waals surface area contributed by atoms with E-state index in [4.69, 9.17) is 11.6 Å². The molecule has 146 valence electrons. The summed E-state index contributed by atoms with van der Waals surface area (Å²) in [5.41, 5.74) is 1.87. The van der Waals surface area contributed by atoms with E-state index in [-0.39, 0.29) is 16.3 Å². The van der Waals surface area contributed by atoms with Gasteiger partial charge in [0.2, 0.25) is 20.3 Å². The number of anilines is 2.